The molecule has 2 rings (SSSR count). The van der Waals surface area contributed by atoms with Gasteiger partial charge in [0.05, 0.1) is 32.3 Å². The van der Waals surface area contributed by atoms with Crippen molar-refractivity contribution in [1.82, 2.24) is 0 Å². The fourth-order valence-corrected chi connectivity index (χ4v) is 18.8. The molecule has 0 N–H and O–H groups in total. The molecule has 26 heavy (non-hydrogen) atoms. The summed E-state index contributed by atoms with van der Waals surface area (Å²) in [5.41, 5.74) is 0. The topological polar surface area (TPSA) is 0 Å². The molecule has 2 aromatic rings. The maximum absolute atomic E-state index is 2.58. The Morgan fingerprint density at radius 1 is 0.385 bits per heavy atom. The van der Waals surface area contributed by atoms with Crippen molar-refractivity contribution in [3.8, 4) is 0 Å². The first-order valence-corrected chi connectivity index (χ1v) is 24.1. The van der Waals surface area contributed by atoms with E-state index in [1.165, 1.54) is 0 Å². The molecule has 0 nitrogen and oxygen atoms in total. The van der Waals surface area contributed by atoms with E-state index in [-0.39, 0.29) is 0 Å². The van der Waals surface area contributed by atoms with Crippen molar-refractivity contribution in [2.24, 2.45) is 0 Å². The summed E-state index contributed by atoms with van der Waals surface area (Å²) in [4.78, 5) is 0. The predicted molar refractivity (Wildman–Crippen MR) is 136 cm³/mol. The van der Waals surface area contributed by atoms with Crippen molar-refractivity contribution in [1.29, 1.82) is 0 Å². The number of hydrogen-bond donors (Lipinski definition) is 0. The van der Waals surface area contributed by atoms with Crippen molar-refractivity contribution >= 4 is 63.8 Å². The molecule has 0 spiro atoms. The summed E-state index contributed by atoms with van der Waals surface area (Å²) in [5.74, 6) is 0. The van der Waals surface area contributed by atoms with Gasteiger partial charge in [0.2, 0.25) is 0 Å². The molecule has 0 bridgehead atoms. The van der Waals surface area contributed by atoms with Crippen LogP contribution in [-0.2, 0) is 0 Å². The second kappa shape index (κ2) is 6.57. The highest BCUT2D eigenvalue weighted by atomic mass is 28.3. The monoisotopic (exact) mass is 416 g/mol. The standard InChI is InChI=1S/C22H40Si4/c1-23(2,3)19-17-15-13-14-16-18(17)20(24(4,5)6)22(26(10,11)12)21(19)25(7,8)9/h13-16H,1-12H3. The van der Waals surface area contributed by atoms with Gasteiger partial charge in [-0.2, -0.15) is 0 Å². The summed E-state index contributed by atoms with van der Waals surface area (Å²) in [7, 11) is -5.90. The molecule has 0 saturated heterocycles. The Hall–Kier alpha value is -0.432. The first-order chi connectivity index (χ1) is 11.5. The second-order valence-corrected chi connectivity index (χ2v) is 32.0. The lowest BCUT2D eigenvalue weighted by atomic mass is 10.1. The van der Waals surface area contributed by atoms with Gasteiger partial charge in [-0.25, -0.2) is 0 Å². The molecule has 0 atom stereocenters. The summed E-state index contributed by atoms with van der Waals surface area (Å²) < 4.78 is 0. The lowest BCUT2D eigenvalue weighted by Crippen LogP contribution is -2.73. The predicted octanol–water partition coefficient (Wildman–Crippen LogP) is 5.02. The van der Waals surface area contributed by atoms with E-state index in [1.54, 1.807) is 21.1 Å². The van der Waals surface area contributed by atoms with Crippen LogP contribution in [0.5, 0.6) is 0 Å². The number of rotatable bonds is 4. The van der Waals surface area contributed by atoms with E-state index in [2.05, 4.69) is 103 Å². The molecular weight excluding hydrogens is 377 g/mol. The van der Waals surface area contributed by atoms with Crippen LogP contribution in [0.3, 0.4) is 0 Å². The van der Waals surface area contributed by atoms with E-state index in [9.17, 15) is 0 Å². The highest BCUT2D eigenvalue weighted by molar-refractivity contribution is 7.08. The first-order valence-electron chi connectivity index (χ1n) is 10.1. The quantitative estimate of drug-likeness (QED) is 0.614. The van der Waals surface area contributed by atoms with Crippen LogP contribution in [0, 0.1) is 0 Å². The minimum Gasteiger partial charge on any atom is -0.0656 e. The fourth-order valence-electron chi connectivity index (χ4n) is 4.50. The summed E-state index contributed by atoms with van der Waals surface area (Å²) >= 11 is 0. The van der Waals surface area contributed by atoms with Gasteiger partial charge in [0.1, 0.15) is 0 Å². The van der Waals surface area contributed by atoms with E-state index in [4.69, 9.17) is 0 Å². The maximum atomic E-state index is 2.58. The Kier molecular flexibility index (Phi) is 5.53. The van der Waals surface area contributed by atoms with Crippen LogP contribution in [0.4, 0.5) is 0 Å². The maximum Gasteiger partial charge on any atom is 0.0782 e. The Morgan fingerprint density at radius 2 is 0.615 bits per heavy atom. The van der Waals surface area contributed by atoms with Crippen LogP contribution >= 0.6 is 0 Å². The third-order valence-electron chi connectivity index (χ3n) is 5.22. The van der Waals surface area contributed by atoms with E-state index >= 15 is 0 Å². The highest BCUT2D eigenvalue weighted by Crippen LogP contribution is 2.20. The minimum atomic E-state index is -1.48. The van der Waals surface area contributed by atoms with Crippen LogP contribution in [-0.4, -0.2) is 32.3 Å². The van der Waals surface area contributed by atoms with Gasteiger partial charge < -0.3 is 0 Å². The molecule has 0 aliphatic heterocycles. The molecule has 4 heteroatoms. The van der Waals surface area contributed by atoms with Crippen LogP contribution in [0.1, 0.15) is 0 Å². The van der Waals surface area contributed by atoms with Crippen LogP contribution in [0.2, 0.25) is 78.6 Å². The zero-order chi connectivity index (χ0) is 20.3. The lowest BCUT2D eigenvalue weighted by Gasteiger charge is -2.40. The summed E-state index contributed by atoms with van der Waals surface area (Å²) in [6.45, 7) is 30.8. The van der Waals surface area contributed by atoms with Gasteiger partial charge in [0.25, 0.3) is 0 Å². The Labute approximate surface area is 166 Å². The molecule has 0 aliphatic rings. The number of benzene rings is 2. The zero-order valence-corrected chi connectivity index (χ0v) is 23.3. The van der Waals surface area contributed by atoms with Gasteiger partial charge in [-0.15, -0.1) is 0 Å². The molecule has 0 amide bonds. The average Bonchev–Trinajstić information content (AvgIpc) is 2.40. The first kappa shape index (κ1) is 21.9. The van der Waals surface area contributed by atoms with E-state index in [0.717, 1.165) is 0 Å². The zero-order valence-electron chi connectivity index (χ0n) is 19.3. The van der Waals surface area contributed by atoms with Crippen LogP contribution < -0.4 is 20.7 Å². The van der Waals surface area contributed by atoms with Gasteiger partial charge in [-0.05, 0) is 10.8 Å². The van der Waals surface area contributed by atoms with Crippen molar-refractivity contribution in [2.45, 2.75) is 78.6 Å². The van der Waals surface area contributed by atoms with Gasteiger partial charge in [0.15, 0.2) is 0 Å². The normalized spacial score (nSPS) is 14.2. The third kappa shape index (κ3) is 4.03. The summed E-state index contributed by atoms with van der Waals surface area (Å²) in [5, 5.41) is 10.4. The summed E-state index contributed by atoms with van der Waals surface area (Å²) in [6.07, 6.45) is 0. The minimum absolute atomic E-state index is 1.47. The molecular formula is C22H40Si4. The van der Waals surface area contributed by atoms with Gasteiger partial charge in [0, 0.05) is 0 Å². The van der Waals surface area contributed by atoms with Crippen molar-refractivity contribution in [2.75, 3.05) is 0 Å². The smallest absolute Gasteiger partial charge is 0.0656 e. The second-order valence-electron chi connectivity index (χ2n) is 12.0. The van der Waals surface area contributed by atoms with E-state index in [0.29, 0.717) is 0 Å². The molecule has 0 fully saturated rings. The van der Waals surface area contributed by atoms with Crippen molar-refractivity contribution in [3.63, 3.8) is 0 Å². The van der Waals surface area contributed by atoms with Gasteiger partial charge in [-0.3, -0.25) is 0 Å². The van der Waals surface area contributed by atoms with Gasteiger partial charge >= 0.3 is 0 Å². The third-order valence-corrected chi connectivity index (χ3v) is 14.0. The van der Waals surface area contributed by atoms with Crippen LogP contribution in [0.15, 0.2) is 24.3 Å². The molecule has 0 aromatic heterocycles. The molecule has 0 aliphatic carbocycles. The Balaban J connectivity index is 3.34. The van der Waals surface area contributed by atoms with E-state index < -0.39 is 32.3 Å². The highest BCUT2D eigenvalue weighted by Gasteiger charge is 2.39. The average molecular weight is 417 g/mol. The molecule has 2 aromatic carbocycles. The van der Waals surface area contributed by atoms with Crippen molar-refractivity contribution in [3.05, 3.63) is 24.3 Å². The molecule has 0 heterocycles. The lowest BCUT2D eigenvalue weighted by molar-refractivity contribution is 1.67. The molecule has 0 unspecified atom stereocenters. The van der Waals surface area contributed by atoms with Crippen molar-refractivity contribution < 1.29 is 0 Å². The van der Waals surface area contributed by atoms with Gasteiger partial charge in [-0.1, -0.05) is 124 Å². The largest absolute Gasteiger partial charge is 0.0782 e. The molecule has 0 saturated carbocycles. The Bertz CT molecular complexity index is 752. The Morgan fingerprint density at radius 3 is 0.808 bits per heavy atom. The number of fused-ring (bicyclic) bond motifs is 1. The SMILES string of the molecule is C[Si](C)(C)c1c([Si](C)(C)C)c([Si](C)(C)C)c2ccccc2c1[Si](C)(C)C. The number of hydrogen-bond acceptors (Lipinski definition) is 0. The summed E-state index contributed by atoms with van der Waals surface area (Å²) in [6, 6.07) is 9.40. The molecule has 0 radical (unpaired) electrons. The van der Waals surface area contributed by atoms with E-state index in [1.807, 2.05) is 10.4 Å². The fraction of sp³-hybridized carbons (Fsp3) is 0.545. The molecule has 144 valence electrons. The van der Waals surface area contributed by atoms with Crippen LogP contribution in [0.25, 0.3) is 10.8 Å².